The molecule has 0 saturated carbocycles. The van der Waals surface area contributed by atoms with Gasteiger partial charge in [0.2, 0.25) is 15.9 Å². The van der Waals surface area contributed by atoms with E-state index in [1.165, 1.54) is 4.31 Å². The van der Waals surface area contributed by atoms with Crippen molar-refractivity contribution in [1.29, 1.82) is 0 Å². The minimum absolute atomic E-state index is 0. The Morgan fingerprint density at radius 1 is 1.15 bits per heavy atom. The van der Waals surface area contributed by atoms with Crippen LogP contribution in [-0.4, -0.2) is 103 Å². The molecule has 2 aliphatic heterocycles. The average molecular weight is 525 g/mol. The summed E-state index contributed by atoms with van der Waals surface area (Å²) in [6.07, 6.45) is 4.14. The summed E-state index contributed by atoms with van der Waals surface area (Å²) in [5.41, 5.74) is 1.61. The summed E-state index contributed by atoms with van der Waals surface area (Å²) < 4.78 is 37.7. The van der Waals surface area contributed by atoms with E-state index in [0.717, 1.165) is 25.7 Å². The number of hydroxylamine groups is 1. The Balaban J connectivity index is 0.00000408. The molecule has 0 atom stereocenters. The molecule has 0 unspecified atom stereocenters. The van der Waals surface area contributed by atoms with E-state index in [0.29, 0.717) is 51.2 Å². The van der Waals surface area contributed by atoms with Crippen LogP contribution in [0.5, 0.6) is 0 Å². The maximum atomic E-state index is 13.6. The lowest BCUT2D eigenvalue weighted by molar-refractivity contribution is -0.133. The Bertz CT molecular complexity index is 869. The minimum atomic E-state index is -4.01. The standard InChI is InChI=1S/C20H36N6O6S.ClH/c1-3-4-5-6-17-21-22-19(32-17)25-11-13-26(14-12-25)33(29,30)20(18(27)23-28)7-9-24(10-8-20)15-16-31-2;/h28H,3-16H2,1-2H3,(H,23,27);1H. The molecule has 2 fully saturated rings. The van der Waals surface area contributed by atoms with Crippen molar-refractivity contribution in [3.05, 3.63) is 5.89 Å². The van der Waals surface area contributed by atoms with E-state index in [1.807, 2.05) is 4.90 Å². The average Bonchev–Trinajstić information content (AvgIpc) is 3.31. The third-order valence-corrected chi connectivity index (χ3v) is 9.21. The predicted molar refractivity (Wildman–Crippen MR) is 128 cm³/mol. The first kappa shape index (κ1) is 28.7. The van der Waals surface area contributed by atoms with Crippen LogP contribution in [0.1, 0.15) is 44.9 Å². The second kappa shape index (κ2) is 13.0. The van der Waals surface area contributed by atoms with Crippen LogP contribution in [0.2, 0.25) is 0 Å². The molecule has 12 nitrogen and oxygen atoms in total. The topological polar surface area (TPSA) is 141 Å². The zero-order chi connectivity index (χ0) is 23.9. The number of nitrogens with zero attached hydrogens (tertiary/aromatic N) is 5. The number of anilines is 1. The molecule has 34 heavy (non-hydrogen) atoms. The van der Waals surface area contributed by atoms with Gasteiger partial charge < -0.3 is 19.0 Å². The number of carbonyl (C=O) groups excluding carboxylic acids is 1. The number of carbonyl (C=O) groups is 1. The van der Waals surface area contributed by atoms with Gasteiger partial charge in [-0.1, -0.05) is 24.9 Å². The number of hydrogen-bond acceptors (Lipinski definition) is 10. The highest BCUT2D eigenvalue weighted by atomic mass is 35.5. The molecular formula is C20H37ClN6O6S. The number of aryl methyl sites for hydroxylation is 1. The lowest BCUT2D eigenvalue weighted by Crippen LogP contribution is -2.63. The normalized spacial score (nSPS) is 19.6. The number of amides is 1. The van der Waals surface area contributed by atoms with Gasteiger partial charge in [0, 0.05) is 59.3 Å². The van der Waals surface area contributed by atoms with Crippen LogP contribution in [0.3, 0.4) is 0 Å². The van der Waals surface area contributed by atoms with Crippen molar-refractivity contribution in [3.8, 4) is 0 Å². The first-order valence-electron chi connectivity index (χ1n) is 11.6. The summed E-state index contributed by atoms with van der Waals surface area (Å²) in [5.74, 6) is -0.280. The zero-order valence-electron chi connectivity index (χ0n) is 19.9. The van der Waals surface area contributed by atoms with Crippen LogP contribution in [0, 0.1) is 0 Å². The van der Waals surface area contributed by atoms with Gasteiger partial charge in [0.25, 0.3) is 5.91 Å². The highest BCUT2D eigenvalue weighted by molar-refractivity contribution is 7.91. The molecular weight excluding hydrogens is 488 g/mol. The van der Waals surface area contributed by atoms with Gasteiger partial charge in [0.1, 0.15) is 0 Å². The number of methoxy groups -OCH3 is 1. The van der Waals surface area contributed by atoms with E-state index in [-0.39, 0.29) is 38.3 Å². The van der Waals surface area contributed by atoms with Crippen molar-refractivity contribution in [3.63, 3.8) is 0 Å². The lowest BCUT2D eigenvalue weighted by atomic mass is 9.95. The summed E-state index contributed by atoms with van der Waals surface area (Å²) >= 11 is 0. The third kappa shape index (κ3) is 6.18. The Morgan fingerprint density at radius 2 is 1.82 bits per heavy atom. The molecule has 0 bridgehead atoms. The Kier molecular flexibility index (Phi) is 11.0. The number of halogens is 1. The van der Waals surface area contributed by atoms with E-state index < -0.39 is 20.7 Å². The molecule has 0 aliphatic carbocycles. The molecule has 2 N–H and O–H groups in total. The fraction of sp³-hybridized carbons (Fsp3) is 0.850. The van der Waals surface area contributed by atoms with Crippen LogP contribution < -0.4 is 10.4 Å². The summed E-state index contributed by atoms with van der Waals surface area (Å²) in [6, 6.07) is 0.396. The van der Waals surface area contributed by atoms with Gasteiger partial charge in [-0.15, -0.1) is 17.5 Å². The largest absolute Gasteiger partial charge is 0.408 e. The van der Waals surface area contributed by atoms with Crippen molar-refractivity contribution >= 4 is 34.4 Å². The predicted octanol–water partition coefficient (Wildman–Crippen LogP) is 0.662. The Labute approximate surface area is 207 Å². The van der Waals surface area contributed by atoms with Gasteiger partial charge in [-0.05, 0) is 19.3 Å². The fourth-order valence-corrected chi connectivity index (χ4v) is 6.55. The maximum Gasteiger partial charge on any atom is 0.318 e. The van der Waals surface area contributed by atoms with Crippen LogP contribution in [0.15, 0.2) is 4.42 Å². The number of ether oxygens (including phenoxy) is 1. The van der Waals surface area contributed by atoms with E-state index in [2.05, 4.69) is 22.0 Å². The SMILES string of the molecule is CCCCCc1nnc(N2CCN(S(=O)(=O)C3(C(=O)NO)CCN(CCOC)CC3)CC2)o1.Cl. The molecule has 3 heterocycles. The summed E-state index contributed by atoms with van der Waals surface area (Å²) in [5, 5.41) is 17.5. The molecule has 3 rings (SSSR count). The van der Waals surface area contributed by atoms with Crippen molar-refractivity contribution in [1.82, 2.24) is 24.9 Å². The van der Waals surface area contributed by atoms with Gasteiger partial charge in [-0.25, -0.2) is 13.9 Å². The van der Waals surface area contributed by atoms with Gasteiger partial charge in [0.15, 0.2) is 4.75 Å². The van der Waals surface area contributed by atoms with Gasteiger partial charge in [-0.3, -0.25) is 10.0 Å². The number of likely N-dealkylation sites (tertiary alicyclic amines) is 1. The Hall–Kier alpha value is -1.51. The van der Waals surface area contributed by atoms with Gasteiger partial charge in [0.05, 0.1) is 6.61 Å². The second-order valence-corrected chi connectivity index (χ2v) is 10.8. The molecule has 14 heteroatoms. The highest BCUT2D eigenvalue weighted by Crippen LogP contribution is 2.34. The molecule has 0 radical (unpaired) electrons. The second-order valence-electron chi connectivity index (χ2n) is 8.60. The maximum absolute atomic E-state index is 13.6. The number of nitrogens with one attached hydrogen (secondary N) is 1. The van der Waals surface area contributed by atoms with E-state index >= 15 is 0 Å². The summed E-state index contributed by atoms with van der Waals surface area (Å²) in [4.78, 5) is 16.6. The van der Waals surface area contributed by atoms with Gasteiger partial charge >= 0.3 is 6.01 Å². The van der Waals surface area contributed by atoms with E-state index in [9.17, 15) is 18.4 Å². The quantitative estimate of drug-likeness (QED) is 0.241. The number of piperazine rings is 1. The summed E-state index contributed by atoms with van der Waals surface area (Å²) in [7, 11) is -2.40. The molecule has 0 spiro atoms. The smallest absolute Gasteiger partial charge is 0.318 e. The Morgan fingerprint density at radius 3 is 2.41 bits per heavy atom. The van der Waals surface area contributed by atoms with Crippen molar-refractivity contribution in [2.75, 3.05) is 64.4 Å². The molecule has 2 aliphatic rings. The highest BCUT2D eigenvalue weighted by Gasteiger charge is 2.55. The third-order valence-electron chi connectivity index (χ3n) is 6.58. The lowest BCUT2D eigenvalue weighted by Gasteiger charge is -2.43. The number of piperidine rings is 1. The van der Waals surface area contributed by atoms with Gasteiger partial charge in [-0.2, -0.15) is 4.31 Å². The van der Waals surface area contributed by atoms with Crippen LogP contribution >= 0.6 is 12.4 Å². The van der Waals surface area contributed by atoms with Crippen molar-refractivity contribution in [2.24, 2.45) is 0 Å². The van der Waals surface area contributed by atoms with Crippen LogP contribution in [0.25, 0.3) is 0 Å². The van der Waals surface area contributed by atoms with Crippen LogP contribution in [0.4, 0.5) is 6.01 Å². The number of aromatic nitrogens is 2. The number of sulfonamides is 1. The number of unbranched alkanes of at least 4 members (excludes halogenated alkanes) is 2. The van der Waals surface area contributed by atoms with E-state index in [4.69, 9.17) is 9.15 Å². The number of hydrogen-bond donors (Lipinski definition) is 2. The molecule has 2 saturated heterocycles. The fourth-order valence-electron chi connectivity index (χ4n) is 4.43. The molecule has 1 aromatic rings. The summed E-state index contributed by atoms with van der Waals surface area (Å²) in [6.45, 7) is 5.34. The molecule has 196 valence electrons. The molecule has 0 aromatic carbocycles. The minimum Gasteiger partial charge on any atom is -0.408 e. The monoisotopic (exact) mass is 524 g/mol. The van der Waals surface area contributed by atoms with Crippen molar-refractivity contribution < 1.29 is 27.6 Å². The molecule has 1 amide bonds. The first-order chi connectivity index (χ1) is 15.9. The van der Waals surface area contributed by atoms with Crippen molar-refractivity contribution in [2.45, 2.75) is 50.2 Å². The number of rotatable bonds is 11. The van der Waals surface area contributed by atoms with Crippen LogP contribution in [-0.2, 0) is 26.0 Å². The molecule has 1 aromatic heterocycles. The zero-order valence-corrected chi connectivity index (χ0v) is 21.6. The first-order valence-corrected chi connectivity index (χ1v) is 13.0. The van der Waals surface area contributed by atoms with E-state index in [1.54, 1.807) is 12.6 Å².